The highest BCUT2D eigenvalue weighted by Gasteiger charge is 2.22. The van der Waals surface area contributed by atoms with Crippen molar-refractivity contribution in [1.82, 2.24) is 0 Å². The van der Waals surface area contributed by atoms with Gasteiger partial charge in [-0.2, -0.15) is 0 Å². The zero-order valence-corrected chi connectivity index (χ0v) is 8.14. The van der Waals surface area contributed by atoms with E-state index in [1.807, 2.05) is 0 Å². The molecular formula is C11H12O4. The van der Waals surface area contributed by atoms with Gasteiger partial charge in [0, 0.05) is 6.42 Å². The molecule has 0 spiro atoms. The van der Waals surface area contributed by atoms with Gasteiger partial charge in [-0.05, 0) is 30.5 Å². The van der Waals surface area contributed by atoms with Gasteiger partial charge in [-0.25, -0.2) is 0 Å². The van der Waals surface area contributed by atoms with E-state index in [0.717, 1.165) is 18.4 Å². The smallest absolute Gasteiger partial charge is 0.306 e. The Morgan fingerprint density at radius 2 is 2.07 bits per heavy atom. The maximum Gasteiger partial charge on any atom is 0.306 e. The quantitative estimate of drug-likeness (QED) is 0.546. The summed E-state index contributed by atoms with van der Waals surface area (Å²) in [7, 11) is 0. The van der Waals surface area contributed by atoms with Crippen LogP contribution in [0, 0.1) is 0 Å². The van der Waals surface area contributed by atoms with Crippen molar-refractivity contribution in [1.29, 1.82) is 0 Å². The number of hydrogen-bond acceptors (Lipinski definition) is 4. The van der Waals surface area contributed by atoms with E-state index in [-0.39, 0.29) is 23.6 Å². The molecule has 2 rings (SSSR count). The minimum Gasteiger partial charge on any atom is -0.504 e. The van der Waals surface area contributed by atoms with Gasteiger partial charge in [0.1, 0.15) is 6.10 Å². The highest BCUT2D eigenvalue weighted by atomic mass is 16.5. The Hall–Kier alpha value is -1.71. The molecule has 4 nitrogen and oxygen atoms in total. The van der Waals surface area contributed by atoms with Gasteiger partial charge in [-0.3, -0.25) is 4.79 Å². The molecule has 1 aromatic carbocycles. The third-order valence-electron chi connectivity index (χ3n) is 2.49. The summed E-state index contributed by atoms with van der Waals surface area (Å²) in [4.78, 5) is 11.1. The van der Waals surface area contributed by atoms with Gasteiger partial charge in [0.15, 0.2) is 11.5 Å². The number of phenols is 2. The zero-order chi connectivity index (χ0) is 10.8. The summed E-state index contributed by atoms with van der Waals surface area (Å²) in [6.07, 6.45) is 1.72. The molecular weight excluding hydrogens is 196 g/mol. The minimum atomic E-state index is -0.294. The van der Waals surface area contributed by atoms with Gasteiger partial charge in [0.2, 0.25) is 0 Å². The first-order chi connectivity index (χ1) is 7.16. The van der Waals surface area contributed by atoms with Crippen molar-refractivity contribution < 1.29 is 19.7 Å². The number of ether oxygens (including phenoxy) is 1. The molecule has 1 atom stereocenters. The van der Waals surface area contributed by atoms with Crippen LogP contribution in [0.4, 0.5) is 0 Å². The Morgan fingerprint density at radius 1 is 1.27 bits per heavy atom. The minimum absolute atomic E-state index is 0.166. The molecule has 0 bridgehead atoms. The van der Waals surface area contributed by atoms with Gasteiger partial charge in [0.05, 0.1) is 0 Å². The number of carbonyl (C=O) groups excluding carboxylic acids is 1. The van der Waals surface area contributed by atoms with Crippen molar-refractivity contribution in [3.8, 4) is 11.5 Å². The zero-order valence-electron chi connectivity index (χ0n) is 8.14. The Labute approximate surface area is 87.1 Å². The summed E-state index contributed by atoms with van der Waals surface area (Å²) >= 11 is 0. The van der Waals surface area contributed by atoms with Gasteiger partial charge in [-0.15, -0.1) is 0 Å². The van der Waals surface area contributed by atoms with Gasteiger partial charge >= 0.3 is 5.97 Å². The van der Waals surface area contributed by atoms with Crippen LogP contribution in [0.15, 0.2) is 18.2 Å². The van der Waals surface area contributed by atoms with Crippen molar-refractivity contribution >= 4 is 5.97 Å². The van der Waals surface area contributed by atoms with Crippen LogP contribution in [0.2, 0.25) is 0 Å². The summed E-state index contributed by atoms with van der Waals surface area (Å²) in [6.45, 7) is 0. The SMILES string of the molecule is O=C1CCCC(c2ccc(O)c(O)c2)O1. The predicted molar refractivity (Wildman–Crippen MR) is 52.5 cm³/mol. The molecule has 0 amide bonds. The third-order valence-corrected chi connectivity index (χ3v) is 2.49. The topological polar surface area (TPSA) is 66.8 Å². The molecule has 1 heterocycles. The summed E-state index contributed by atoms with van der Waals surface area (Å²) in [5.74, 6) is -0.561. The first kappa shape index (κ1) is 9.83. The highest BCUT2D eigenvalue weighted by molar-refractivity contribution is 5.70. The van der Waals surface area contributed by atoms with Crippen LogP contribution in [-0.2, 0) is 9.53 Å². The number of carbonyl (C=O) groups is 1. The fourth-order valence-corrected chi connectivity index (χ4v) is 1.68. The molecule has 1 aliphatic heterocycles. The maximum atomic E-state index is 11.1. The van der Waals surface area contributed by atoms with Crippen LogP contribution in [-0.4, -0.2) is 16.2 Å². The van der Waals surface area contributed by atoms with Crippen LogP contribution in [0.3, 0.4) is 0 Å². The van der Waals surface area contributed by atoms with E-state index in [9.17, 15) is 9.90 Å². The van der Waals surface area contributed by atoms with Crippen LogP contribution >= 0.6 is 0 Å². The molecule has 1 fully saturated rings. The Balaban J connectivity index is 2.21. The number of phenolic OH excluding ortho intramolecular Hbond substituents is 2. The van der Waals surface area contributed by atoms with E-state index >= 15 is 0 Å². The van der Waals surface area contributed by atoms with E-state index in [4.69, 9.17) is 9.84 Å². The Morgan fingerprint density at radius 3 is 2.73 bits per heavy atom. The highest BCUT2D eigenvalue weighted by Crippen LogP contribution is 2.33. The molecule has 15 heavy (non-hydrogen) atoms. The van der Waals surface area contributed by atoms with Crippen LogP contribution in [0.1, 0.15) is 30.9 Å². The molecule has 1 aromatic rings. The lowest BCUT2D eigenvalue weighted by atomic mass is 10.0. The van der Waals surface area contributed by atoms with Gasteiger partial charge in [-0.1, -0.05) is 6.07 Å². The number of hydrogen-bond donors (Lipinski definition) is 2. The molecule has 1 unspecified atom stereocenters. The summed E-state index contributed by atoms with van der Waals surface area (Å²) in [5.41, 5.74) is 0.721. The summed E-state index contributed by atoms with van der Waals surface area (Å²) < 4.78 is 5.14. The van der Waals surface area contributed by atoms with Crippen molar-refractivity contribution in [2.45, 2.75) is 25.4 Å². The second kappa shape index (κ2) is 3.81. The number of rotatable bonds is 1. The van der Waals surface area contributed by atoms with Gasteiger partial charge in [0.25, 0.3) is 0 Å². The average Bonchev–Trinajstić information content (AvgIpc) is 2.22. The van der Waals surface area contributed by atoms with Crippen molar-refractivity contribution in [2.75, 3.05) is 0 Å². The lowest BCUT2D eigenvalue weighted by molar-refractivity contribution is -0.154. The maximum absolute atomic E-state index is 11.1. The van der Waals surface area contributed by atoms with E-state index in [0.29, 0.717) is 6.42 Å². The van der Waals surface area contributed by atoms with Crippen molar-refractivity contribution in [3.05, 3.63) is 23.8 Å². The number of cyclic esters (lactones) is 1. The second-order valence-corrected chi connectivity index (χ2v) is 3.62. The summed E-state index contributed by atoms with van der Waals surface area (Å²) in [5, 5.41) is 18.4. The standard InChI is InChI=1S/C11H12O4/c12-8-5-4-7(6-9(8)13)10-2-1-3-11(14)15-10/h4-6,10,12-13H,1-3H2. The van der Waals surface area contributed by atoms with Crippen molar-refractivity contribution in [2.24, 2.45) is 0 Å². The monoisotopic (exact) mass is 208 g/mol. The lowest BCUT2D eigenvalue weighted by Crippen LogP contribution is -2.16. The second-order valence-electron chi connectivity index (χ2n) is 3.62. The van der Waals surface area contributed by atoms with E-state index in [2.05, 4.69) is 0 Å². The van der Waals surface area contributed by atoms with Gasteiger partial charge < -0.3 is 14.9 Å². The molecule has 0 radical (unpaired) electrons. The molecule has 0 aliphatic carbocycles. The molecule has 0 saturated carbocycles. The average molecular weight is 208 g/mol. The number of aromatic hydroxyl groups is 2. The number of benzene rings is 1. The third kappa shape index (κ3) is 2.03. The largest absolute Gasteiger partial charge is 0.504 e. The Bertz CT molecular complexity index is 386. The molecule has 2 N–H and O–H groups in total. The number of esters is 1. The normalized spacial score (nSPS) is 21.1. The Kier molecular flexibility index (Phi) is 2.49. The summed E-state index contributed by atoms with van der Waals surface area (Å²) in [6, 6.07) is 4.48. The lowest BCUT2D eigenvalue weighted by Gasteiger charge is -2.22. The van der Waals surface area contributed by atoms with Crippen LogP contribution in [0.25, 0.3) is 0 Å². The van der Waals surface area contributed by atoms with E-state index in [1.165, 1.54) is 12.1 Å². The first-order valence-electron chi connectivity index (χ1n) is 4.88. The first-order valence-corrected chi connectivity index (χ1v) is 4.88. The van der Waals surface area contributed by atoms with Crippen molar-refractivity contribution in [3.63, 3.8) is 0 Å². The van der Waals surface area contributed by atoms with Crippen LogP contribution < -0.4 is 0 Å². The molecule has 4 heteroatoms. The molecule has 0 aromatic heterocycles. The van der Waals surface area contributed by atoms with E-state index < -0.39 is 0 Å². The molecule has 1 aliphatic rings. The molecule has 80 valence electrons. The molecule has 1 saturated heterocycles. The fraction of sp³-hybridized carbons (Fsp3) is 0.364. The van der Waals surface area contributed by atoms with E-state index in [1.54, 1.807) is 6.07 Å². The predicted octanol–water partition coefficient (Wildman–Crippen LogP) is 1.87. The fourth-order valence-electron chi connectivity index (χ4n) is 1.68. The van der Waals surface area contributed by atoms with Crippen LogP contribution in [0.5, 0.6) is 11.5 Å².